The monoisotopic (exact) mass is 266 g/mol. The Kier molecular flexibility index (Phi) is 5.63. The number of halogens is 2. The summed E-state index contributed by atoms with van der Waals surface area (Å²) in [4.78, 5) is 9.82. The van der Waals surface area contributed by atoms with Gasteiger partial charge in [-0.05, 0) is 11.6 Å². The molecule has 0 aliphatic carbocycles. The first-order valence-electron chi connectivity index (χ1n) is 4.38. The maximum atomic E-state index is 12.3. The van der Waals surface area contributed by atoms with Crippen molar-refractivity contribution in [3.8, 4) is 11.5 Å². The molecule has 17 heavy (non-hydrogen) atoms. The number of phenols is 1. The van der Waals surface area contributed by atoms with Gasteiger partial charge in [-0.3, -0.25) is 10.1 Å². The standard InChI is InChI=1S/C9H11FN2O4.ClH/c1-16-8-3-5(6(11)4-10)2-7(9(8)13)12(14)15;/h2-3,6,13H,4,11H2,1H3;1H/t6-;/m0./s1. The van der Waals surface area contributed by atoms with E-state index >= 15 is 0 Å². The van der Waals surface area contributed by atoms with E-state index in [9.17, 15) is 19.6 Å². The first-order chi connectivity index (χ1) is 7.51. The zero-order valence-corrected chi connectivity index (χ0v) is 9.74. The van der Waals surface area contributed by atoms with Gasteiger partial charge in [-0.1, -0.05) is 0 Å². The predicted molar refractivity (Wildman–Crippen MR) is 61.5 cm³/mol. The van der Waals surface area contributed by atoms with E-state index in [1.165, 1.54) is 13.2 Å². The number of methoxy groups -OCH3 is 1. The van der Waals surface area contributed by atoms with Crippen LogP contribution in [0.15, 0.2) is 12.1 Å². The molecule has 1 aromatic rings. The van der Waals surface area contributed by atoms with E-state index in [4.69, 9.17) is 10.5 Å². The van der Waals surface area contributed by atoms with Gasteiger partial charge in [0, 0.05) is 6.07 Å². The lowest BCUT2D eigenvalue weighted by Crippen LogP contribution is -2.12. The van der Waals surface area contributed by atoms with Crippen LogP contribution in [0.25, 0.3) is 0 Å². The Morgan fingerprint density at radius 2 is 2.24 bits per heavy atom. The number of benzene rings is 1. The summed E-state index contributed by atoms with van der Waals surface area (Å²) in [7, 11) is 1.24. The SMILES string of the molecule is COc1cc([C@@H](N)CF)cc([N+](=O)[O-])c1O.Cl. The molecular weight excluding hydrogens is 255 g/mol. The highest BCUT2D eigenvalue weighted by atomic mass is 35.5. The highest BCUT2D eigenvalue weighted by molar-refractivity contribution is 5.85. The van der Waals surface area contributed by atoms with Crippen LogP contribution in [0.3, 0.4) is 0 Å². The van der Waals surface area contributed by atoms with E-state index in [2.05, 4.69) is 0 Å². The smallest absolute Gasteiger partial charge is 0.314 e. The Hall–Kier alpha value is -1.60. The molecule has 0 fully saturated rings. The third-order valence-corrected chi connectivity index (χ3v) is 2.09. The van der Waals surface area contributed by atoms with Crippen LogP contribution in [-0.2, 0) is 0 Å². The summed E-state index contributed by atoms with van der Waals surface area (Å²) in [6.45, 7) is -0.856. The van der Waals surface area contributed by atoms with E-state index < -0.39 is 29.1 Å². The average molecular weight is 267 g/mol. The van der Waals surface area contributed by atoms with Crippen molar-refractivity contribution >= 4 is 18.1 Å². The van der Waals surface area contributed by atoms with Gasteiger partial charge in [-0.2, -0.15) is 0 Å². The third kappa shape index (κ3) is 3.18. The molecule has 0 amide bonds. The lowest BCUT2D eigenvalue weighted by Gasteiger charge is -2.10. The Morgan fingerprint density at radius 3 is 2.65 bits per heavy atom. The molecule has 0 bridgehead atoms. The summed E-state index contributed by atoms with van der Waals surface area (Å²) in [5.74, 6) is -0.699. The molecule has 0 unspecified atom stereocenters. The number of nitro benzene ring substituents is 1. The lowest BCUT2D eigenvalue weighted by molar-refractivity contribution is -0.386. The largest absolute Gasteiger partial charge is 0.500 e. The highest BCUT2D eigenvalue weighted by Gasteiger charge is 2.21. The maximum absolute atomic E-state index is 12.3. The van der Waals surface area contributed by atoms with Gasteiger partial charge in [0.2, 0.25) is 5.75 Å². The highest BCUT2D eigenvalue weighted by Crippen LogP contribution is 2.38. The molecular formula is C9H12ClFN2O4. The van der Waals surface area contributed by atoms with Gasteiger partial charge < -0.3 is 15.6 Å². The van der Waals surface area contributed by atoms with Crippen LogP contribution in [-0.4, -0.2) is 23.8 Å². The molecule has 0 aromatic heterocycles. The predicted octanol–water partition coefficient (Wildman–Crippen LogP) is 1.70. The number of ether oxygens (including phenoxy) is 1. The fraction of sp³-hybridized carbons (Fsp3) is 0.333. The molecule has 6 nitrogen and oxygen atoms in total. The Bertz CT molecular complexity index is 416. The summed E-state index contributed by atoms with van der Waals surface area (Å²) < 4.78 is 17.1. The molecule has 1 atom stereocenters. The topological polar surface area (TPSA) is 98.6 Å². The first kappa shape index (κ1) is 15.4. The zero-order valence-electron chi connectivity index (χ0n) is 8.92. The van der Waals surface area contributed by atoms with Crippen LogP contribution in [0.4, 0.5) is 10.1 Å². The van der Waals surface area contributed by atoms with Crippen molar-refractivity contribution in [1.82, 2.24) is 0 Å². The van der Waals surface area contributed by atoms with Crippen molar-refractivity contribution < 1.29 is 19.2 Å². The normalized spacial score (nSPS) is 11.5. The minimum absolute atomic E-state index is 0. The van der Waals surface area contributed by atoms with Crippen LogP contribution in [0.5, 0.6) is 11.5 Å². The second-order valence-corrected chi connectivity index (χ2v) is 3.11. The Balaban J connectivity index is 0.00000256. The molecule has 8 heteroatoms. The summed E-state index contributed by atoms with van der Waals surface area (Å²) in [5.41, 5.74) is 5.04. The number of nitrogens with two attached hydrogens (primary N) is 1. The molecule has 0 radical (unpaired) electrons. The minimum atomic E-state index is -0.979. The summed E-state index contributed by atoms with van der Waals surface area (Å²) in [6, 6.07) is 1.32. The molecule has 1 rings (SSSR count). The Morgan fingerprint density at radius 1 is 1.65 bits per heavy atom. The van der Waals surface area contributed by atoms with Gasteiger partial charge in [0.1, 0.15) is 6.67 Å². The van der Waals surface area contributed by atoms with Crippen LogP contribution < -0.4 is 10.5 Å². The van der Waals surface area contributed by atoms with Gasteiger partial charge >= 0.3 is 5.69 Å². The number of hydrogen-bond acceptors (Lipinski definition) is 5. The van der Waals surface area contributed by atoms with Crippen molar-refractivity contribution in [3.05, 3.63) is 27.8 Å². The van der Waals surface area contributed by atoms with Crippen molar-refractivity contribution in [2.45, 2.75) is 6.04 Å². The van der Waals surface area contributed by atoms with Crippen LogP contribution >= 0.6 is 12.4 Å². The van der Waals surface area contributed by atoms with E-state index in [1.54, 1.807) is 0 Å². The van der Waals surface area contributed by atoms with Gasteiger partial charge in [0.15, 0.2) is 5.75 Å². The number of nitrogens with zero attached hydrogens (tertiary/aromatic N) is 1. The molecule has 96 valence electrons. The third-order valence-electron chi connectivity index (χ3n) is 2.09. The molecule has 0 saturated heterocycles. The second kappa shape index (κ2) is 6.21. The summed E-state index contributed by atoms with van der Waals surface area (Å²) >= 11 is 0. The molecule has 0 aliphatic rings. The average Bonchev–Trinajstić information content (AvgIpc) is 2.27. The van der Waals surface area contributed by atoms with Gasteiger partial charge in [0.05, 0.1) is 18.1 Å². The van der Waals surface area contributed by atoms with Crippen LogP contribution in [0, 0.1) is 10.1 Å². The van der Waals surface area contributed by atoms with Crippen molar-refractivity contribution in [3.63, 3.8) is 0 Å². The summed E-state index contributed by atoms with van der Waals surface area (Å²) in [5, 5.41) is 20.0. The molecule has 0 heterocycles. The van der Waals surface area contributed by atoms with Crippen molar-refractivity contribution in [2.24, 2.45) is 5.73 Å². The molecule has 0 saturated carbocycles. The number of nitro groups is 1. The number of rotatable bonds is 4. The van der Waals surface area contributed by atoms with Crippen LogP contribution in [0.2, 0.25) is 0 Å². The van der Waals surface area contributed by atoms with E-state index in [-0.39, 0.29) is 23.7 Å². The van der Waals surface area contributed by atoms with Crippen molar-refractivity contribution in [2.75, 3.05) is 13.8 Å². The van der Waals surface area contributed by atoms with Gasteiger partial charge in [-0.25, -0.2) is 4.39 Å². The van der Waals surface area contributed by atoms with Gasteiger partial charge in [-0.15, -0.1) is 12.4 Å². The molecule has 3 N–H and O–H groups in total. The fourth-order valence-corrected chi connectivity index (χ4v) is 1.21. The number of alkyl halides is 1. The summed E-state index contributed by atoms with van der Waals surface area (Å²) in [6.07, 6.45) is 0. The quantitative estimate of drug-likeness (QED) is 0.638. The Labute approximate surface area is 103 Å². The molecule has 0 spiro atoms. The maximum Gasteiger partial charge on any atom is 0.314 e. The fourth-order valence-electron chi connectivity index (χ4n) is 1.21. The van der Waals surface area contributed by atoms with E-state index in [0.29, 0.717) is 0 Å². The number of hydrogen-bond donors (Lipinski definition) is 2. The van der Waals surface area contributed by atoms with Gasteiger partial charge in [0.25, 0.3) is 0 Å². The number of aromatic hydroxyl groups is 1. The second-order valence-electron chi connectivity index (χ2n) is 3.11. The van der Waals surface area contributed by atoms with E-state index in [0.717, 1.165) is 6.07 Å². The first-order valence-corrected chi connectivity index (χ1v) is 4.38. The van der Waals surface area contributed by atoms with E-state index in [1.807, 2.05) is 0 Å². The molecule has 0 aliphatic heterocycles. The molecule has 1 aromatic carbocycles. The lowest BCUT2D eigenvalue weighted by atomic mass is 10.1. The van der Waals surface area contributed by atoms with Crippen LogP contribution in [0.1, 0.15) is 11.6 Å². The minimum Gasteiger partial charge on any atom is -0.500 e. The van der Waals surface area contributed by atoms with Crippen molar-refractivity contribution in [1.29, 1.82) is 0 Å². The number of phenolic OH excluding ortho intramolecular Hbond substituents is 1. The zero-order chi connectivity index (χ0) is 12.3.